The Morgan fingerprint density at radius 2 is 2.05 bits per heavy atom. The molecule has 0 bridgehead atoms. The summed E-state index contributed by atoms with van der Waals surface area (Å²) in [4.78, 5) is 4.32. The Labute approximate surface area is 118 Å². The van der Waals surface area contributed by atoms with Crippen LogP contribution in [0.5, 0.6) is 5.75 Å². The number of hydrogen-bond donors (Lipinski definition) is 1. The predicted octanol–water partition coefficient (Wildman–Crippen LogP) is 1.66. The van der Waals surface area contributed by atoms with Crippen LogP contribution in [-0.4, -0.2) is 20.0 Å². The molecule has 0 saturated heterocycles. The van der Waals surface area contributed by atoms with Crippen LogP contribution < -0.4 is 9.88 Å². The summed E-state index contributed by atoms with van der Waals surface area (Å²) in [5.41, 5.74) is 1.52. The normalized spacial score (nSPS) is 11.3. The fourth-order valence-electron chi connectivity index (χ4n) is 1.85. The van der Waals surface area contributed by atoms with Gasteiger partial charge in [0, 0.05) is 18.3 Å². The van der Waals surface area contributed by atoms with Gasteiger partial charge in [-0.05, 0) is 42.8 Å². The molecule has 2 rings (SSSR count). The van der Waals surface area contributed by atoms with Gasteiger partial charge in [0.25, 0.3) is 0 Å². The number of nitrogens with two attached hydrogens (primary N) is 1. The maximum atomic E-state index is 11.3. The number of nitrogens with zero attached hydrogens (tertiary/aromatic N) is 1. The SMILES string of the molecule is Cc1cc(OCCc2ccccn2)ccc1S(N)(=O)=O. The zero-order chi connectivity index (χ0) is 14.6. The Balaban J connectivity index is 1.99. The molecule has 2 N–H and O–H groups in total. The first-order chi connectivity index (χ1) is 9.47. The van der Waals surface area contributed by atoms with Crippen LogP contribution >= 0.6 is 0 Å². The Bertz CT molecular complexity index is 685. The summed E-state index contributed by atoms with van der Waals surface area (Å²) >= 11 is 0. The number of aryl methyl sites for hydroxylation is 1. The van der Waals surface area contributed by atoms with Crippen LogP contribution in [0.3, 0.4) is 0 Å². The third-order valence-corrected chi connectivity index (χ3v) is 3.88. The molecule has 0 unspecified atom stereocenters. The maximum Gasteiger partial charge on any atom is 0.238 e. The minimum absolute atomic E-state index is 0.120. The fourth-order valence-corrected chi connectivity index (χ4v) is 2.62. The van der Waals surface area contributed by atoms with Gasteiger partial charge in [-0.3, -0.25) is 4.98 Å². The number of hydrogen-bond acceptors (Lipinski definition) is 4. The molecule has 2 aromatic rings. The molecule has 0 aliphatic carbocycles. The summed E-state index contributed by atoms with van der Waals surface area (Å²) in [6, 6.07) is 10.4. The van der Waals surface area contributed by atoms with Crippen molar-refractivity contribution in [2.24, 2.45) is 5.14 Å². The van der Waals surface area contributed by atoms with Gasteiger partial charge in [0.1, 0.15) is 5.75 Å². The van der Waals surface area contributed by atoms with E-state index in [2.05, 4.69) is 4.98 Å². The summed E-state index contributed by atoms with van der Waals surface area (Å²) in [6.45, 7) is 2.16. The highest BCUT2D eigenvalue weighted by Crippen LogP contribution is 2.20. The molecule has 0 amide bonds. The topological polar surface area (TPSA) is 82.3 Å². The molecular formula is C14H16N2O3S. The second-order valence-electron chi connectivity index (χ2n) is 4.39. The summed E-state index contributed by atoms with van der Waals surface area (Å²) < 4.78 is 28.2. The molecule has 106 valence electrons. The molecule has 20 heavy (non-hydrogen) atoms. The quantitative estimate of drug-likeness (QED) is 0.908. The molecule has 0 atom stereocenters. The first-order valence-electron chi connectivity index (χ1n) is 6.13. The number of aromatic nitrogens is 1. The number of sulfonamides is 1. The lowest BCUT2D eigenvalue weighted by Crippen LogP contribution is -2.13. The minimum Gasteiger partial charge on any atom is -0.493 e. The molecular weight excluding hydrogens is 276 g/mol. The van der Waals surface area contributed by atoms with Gasteiger partial charge in [0.05, 0.1) is 11.5 Å². The lowest BCUT2D eigenvalue weighted by molar-refractivity contribution is 0.320. The number of pyridine rings is 1. The average molecular weight is 292 g/mol. The van der Waals surface area contributed by atoms with Crippen molar-refractivity contribution in [3.8, 4) is 5.75 Å². The average Bonchev–Trinajstić information content (AvgIpc) is 2.38. The van der Waals surface area contributed by atoms with Crippen molar-refractivity contribution in [2.45, 2.75) is 18.2 Å². The second kappa shape index (κ2) is 6.02. The van der Waals surface area contributed by atoms with Gasteiger partial charge in [-0.1, -0.05) is 6.07 Å². The van der Waals surface area contributed by atoms with E-state index in [-0.39, 0.29) is 4.90 Å². The zero-order valence-corrected chi connectivity index (χ0v) is 11.9. The highest BCUT2D eigenvalue weighted by atomic mass is 32.2. The summed E-state index contributed by atoms with van der Waals surface area (Å²) in [5.74, 6) is 0.617. The predicted molar refractivity (Wildman–Crippen MR) is 76.0 cm³/mol. The van der Waals surface area contributed by atoms with E-state index in [0.29, 0.717) is 24.3 Å². The summed E-state index contributed by atoms with van der Waals surface area (Å²) in [5, 5.41) is 5.11. The van der Waals surface area contributed by atoms with Crippen molar-refractivity contribution in [3.05, 3.63) is 53.9 Å². The van der Waals surface area contributed by atoms with Crippen molar-refractivity contribution in [2.75, 3.05) is 6.61 Å². The lowest BCUT2D eigenvalue weighted by atomic mass is 10.2. The third kappa shape index (κ3) is 3.79. The monoisotopic (exact) mass is 292 g/mol. The van der Waals surface area contributed by atoms with Crippen molar-refractivity contribution in [1.29, 1.82) is 0 Å². The molecule has 0 fully saturated rings. The van der Waals surface area contributed by atoms with Crippen molar-refractivity contribution in [3.63, 3.8) is 0 Å². The van der Waals surface area contributed by atoms with Crippen LogP contribution in [0.2, 0.25) is 0 Å². The smallest absolute Gasteiger partial charge is 0.238 e. The molecule has 0 saturated carbocycles. The van der Waals surface area contributed by atoms with Gasteiger partial charge < -0.3 is 4.74 Å². The molecule has 5 nitrogen and oxygen atoms in total. The number of ether oxygens (including phenoxy) is 1. The largest absolute Gasteiger partial charge is 0.493 e. The lowest BCUT2D eigenvalue weighted by Gasteiger charge is -2.09. The van der Waals surface area contributed by atoms with Crippen LogP contribution in [-0.2, 0) is 16.4 Å². The minimum atomic E-state index is -3.68. The maximum absolute atomic E-state index is 11.3. The Kier molecular flexibility index (Phi) is 4.36. The zero-order valence-electron chi connectivity index (χ0n) is 11.1. The number of primary sulfonamides is 1. The molecule has 1 aromatic carbocycles. The van der Waals surface area contributed by atoms with E-state index in [4.69, 9.17) is 9.88 Å². The van der Waals surface area contributed by atoms with E-state index < -0.39 is 10.0 Å². The summed E-state index contributed by atoms with van der Waals surface area (Å²) in [7, 11) is -3.68. The first-order valence-corrected chi connectivity index (χ1v) is 7.67. The number of rotatable bonds is 5. The van der Waals surface area contributed by atoms with E-state index in [1.807, 2.05) is 18.2 Å². The van der Waals surface area contributed by atoms with Gasteiger partial charge in [-0.25, -0.2) is 13.6 Å². The van der Waals surface area contributed by atoms with Gasteiger partial charge in [-0.15, -0.1) is 0 Å². The van der Waals surface area contributed by atoms with E-state index in [9.17, 15) is 8.42 Å². The van der Waals surface area contributed by atoms with E-state index >= 15 is 0 Å². The van der Waals surface area contributed by atoms with Crippen molar-refractivity contribution >= 4 is 10.0 Å². The fraction of sp³-hybridized carbons (Fsp3) is 0.214. The number of benzene rings is 1. The van der Waals surface area contributed by atoms with Crippen LogP contribution in [0.15, 0.2) is 47.5 Å². The highest BCUT2D eigenvalue weighted by molar-refractivity contribution is 7.89. The molecule has 1 aromatic heterocycles. The van der Waals surface area contributed by atoms with Gasteiger partial charge in [-0.2, -0.15) is 0 Å². The first kappa shape index (κ1) is 14.5. The van der Waals surface area contributed by atoms with Gasteiger partial charge in [0.2, 0.25) is 10.0 Å². The van der Waals surface area contributed by atoms with Crippen LogP contribution in [0, 0.1) is 6.92 Å². The molecule has 0 aliphatic rings. The summed E-state index contributed by atoms with van der Waals surface area (Å²) in [6.07, 6.45) is 2.43. The third-order valence-electron chi connectivity index (χ3n) is 2.81. The van der Waals surface area contributed by atoms with Crippen LogP contribution in [0.4, 0.5) is 0 Å². The van der Waals surface area contributed by atoms with E-state index in [1.54, 1.807) is 25.3 Å². The molecule has 6 heteroatoms. The molecule has 0 aliphatic heterocycles. The van der Waals surface area contributed by atoms with E-state index in [0.717, 1.165) is 5.69 Å². The van der Waals surface area contributed by atoms with Crippen molar-refractivity contribution < 1.29 is 13.2 Å². The van der Waals surface area contributed by atoms with Gasteiger partial charge >= 0.3 is 0 Å². The van der Waals surface area contributed by atoms with Crippen molar-refractivity contribution in [1.82, 2.24) is 4.98 Å². The molecule has 0 spiro atoms. The Morgan fingerprint density at radius 3 is 2.65 bits per heavy atom. The standard InChI is InChI=1S/C14H16N2O3S/c1-11-10-13(5-6-14(11)20(15,17)18)19-9-7-12-4-2-3-8-16-12/h2-6,8,10H,7,9H2,1H3,(H2,15,17,18). The Morgan fingerprint density at radius 1 is 1.25 bits per heavy atom. The molecule has 0 radical (unpaired) electrons. The Hall–Kier alpha value is -1.92. The van der Waals surface area contributed by atoms with Crippen LogP contribution in [0.25, 0.3) is 0 Å². The van der Waals surface area contributed by atoms with E-state index in [1.165, 1.54) is 6.07 Å². The second-order valence-corrected chi connectivity index (χ2v) is 5.92. The molecule has 1 heterocycles. The van der Waals surface area contributed by atoms with Gasteiger partial charge in [0.15, 0.2) is 0 Å². The van der Waals surface area contributed by atoms with Crippen LogP contribution in [0.1, 0.15) is 11.3 Å². The highest BCUT2D eigenvalue weighted by Gasteiger charge is 2.11.